The summed E-state index contributed by atoms with van der Waals surface area (Å²) in [6.45, 7) is 14.9. The van der Waals surface area contributed by atoms with E-state index in [4.69, 9.17) is 11.6 Å². The van der Waals surface area contributed by atoms with E-state index in [9.17, 15) is 0 Å². The van der Waals surface area contributed by atoms with Crippen molar-refractivity contribution in [2.75, 3.05) is 19.0 Å². The Labute approximate surface area is 282 Å². The number of anilines is 1. The van der Waals surface area contributed by atoms with Crippen LogP contribution < -0.4 is 4.90 Å². The highest BCUT2D eigenvalue weighted by atomic mass is 35.5. The van der Waals surface area contributed by atoms with Crippen LogP contribution >= 0.6 is 11.6 Å². The largest absolute Gasteiger partial charge is 0.347 e. The number of nitrogens with zero attached hydrogens (tertiary/aromatic N) is 2. The van der Waals surface area contributed by atoms with Crippen LogP contribution in [0.3, 0.4) is 0 Å². The van der Waals surface area contributed by atoms with Crippen LogP contribution in [0, 0.1) is 11.8 Å². The van der Waals surface area contributed by atoms with Gasteiger partial charge in [0.05, 0.1) is 5.41 Å². The van der Waals surface area contributed by atoms with Gasteiger partial charge in [-0.1, -0.05) is 87.0 Å². The third-order valence-electron chi connectivity index (χ3n) is 11.3. The summed E-state index contributed by atoms with van der Waals surface area (Å²) in [5, 5.41) is 5.65. The summed E-state index contributed by atoms with van der Waals surface area (Å²) in [7, 11) is 4.52. The smallest absolute Gasteiger partial charge is 0.209 e. The molecule has 2 heterocycles. The van der Waals surface area contributed by atoms with Gasteiger partial charge in [0.25, 0.3) is 0 Å². The second-order valence-corrected chi connectivity index (χ2v) is 15.3. The van der Waals surface area contributed by atoms with Crippen LogP contribution in [-0.4, -0.2) is 29.8 Å². The fourth-order valence-electron chi connectivity index (χ4n) is 9.13. The average Bonchev–Trinajstić information content (AvgIpc) is 3.37. The highest BCUT2D eigenvalue weighted by Gasteiger charge is 2.46. The van der Waals surface area contributed by atoms with Crippen molar-refractivity contribution in [3.05, 3.63) is 108 Å². The van der Waals surface area contributed by atoms with Gasteiger partial charge in [0, 0.05) is 47.3 Å². The Kier molecular flexibility index (Phi) is 8.98. The maximum absolute atomic E-state index is 7.40. The van der Waals surface area contributed by atoms with Gasteiger partial charge in [-0.2, -0.15) is 0 Å². The number of allylic oxidation sites excluding steroid dienone is 3. The molecule has 46 heavy (non-hydrogen) atoms. The predicted octanol–water partition coefficient (Wildman–Crippen LogP) is 11.7. The van der Waals surface area contributed by atoms with Gasteiger partial charge in [0.1, 0.15) is 7.05 Å². The first-order chi connectivity index (χ1) is 22.0. The van der Waals surface area contributed by atoms with Gasteiger partial charge in [-0.15, -0.1) is 18.2 Å². The summed E-state index contributed by atoms with van der Waals surface area (Å²) in [6, 6.07) is 26.9. The Morgan fingerprint density at radius 1 is 0.848 bits per heavy atom. The number of halogens is 1. The van der Waals surface area contributed by atoms with Crippen molar-refractivity contribution >= 4 is 50.2 Å². The predicted molar refractivity (Wildman–Crippen MR) is 201 cm³/mol. The van der Waals surface area contributed by atoms with E-state index in [1.54, 1.807) is 6.08 Å². The highest BCUT2D eigenvalue weighted by molar-refractivity contribution is 6.21. The van der Waals surface area contributed by atoms with Crippen LogP contribution in [0.2, 0.25) is 0 Å². The Bertz CT molecular complexity index is 1840. The molecule has 240 valence electrons. The molecule has 3 aliphatic rings. The molecule has 0 N–H and O–H groups in total. The Balaban J connectivity index is 0.00000119. The van der Waals surface area contributed by atoms with Gasteiger partial charge in [0.2, 0.25) is 5.69 Å². The lowest BCUT2D eigenvalue weighted by Crippen LogP contribution is -2.33. The zero-order valence-corrected chi connectivity index (χ0v) is 29.8. The summed E-state index contributed by atoms with van der Waals surface area (Å²) in [5.41, 5.74) is 8.58. The number of rotatable bonds is 5. The Hall–Kier alpha value is -3.36. The second-order valence-electron chi connectivity index (χ2n) is 14.8. The maximum atomic E-state index is 7.40. The van der Waals surface area contributed by atoms with E-state index in [2.05, 4.69) is 137 Å². The molecule has 0 radical (unpaired) electrons. The fraction of sp³-hybridized carbons (Fsp3) is 0.419. The summed E-state index contributed by atoms with van der Waals surface area (Å²) < 4.78 is 2.48. The first kappa shape index (κ1) is 32.6. The van der Waals surface area contributed by atoms with Crippen molar-refractivity contribution in [2.45, 2.75) is 89.4 Å². The van der Waals surface area contributed by atoms with Crippen molar-refractivity contribution in [2.24, 2.45) is 11.8 Å². The minimum atomic E-state index is -0.0325. The Morgan fingerprint density at radius 3 is 2.11 bits per heavy atom. The minimum absolute atomic E-state index is 0.0169. The number of hydrogen-bond donors (Lipinski definition) is 0. The molecule has 1 aliphatic carbocycles. The maximum Gasteiger partial charge on any atom is 0.209 e. The Morgan fingerprint density at radius 2 is 1.43 bits per heavy atom. The summed E-state index contributed by atoms with van der Waals surface area (Å²) >= 11 is 7.40. The molecular weight excluding hydrogens is 580 g/mol. The number of hydrogen-bond acceptors (Lipinski definition) is 1. The molecule has 4 aromatic rings. The highest BCUT2D eigenvalue weighted by Crippen LogP contribution is 2.51. The number of benzene rings is 4. The van der Waals surface area contributed by atoms with Crippen molar-refractivity contribution in [3.8, 4) is 0 Å². The van der Waals surface area contributed by atoms with E-state index in [1.165, 1.54) is 81.1 Å². The molecule has 3 heteroatoms. The lowest BCUT2D eigenvalue weighted by molar-refractivity contribution is -0.404. The van der Waals surface area contributed by atoms with Crippen LogP contribution in [0.5, 0.6) is 0 Å². The topological polar surface area (TPSA) is 6.25 Å². The molecule has 0 saturated heterocycles. The van der Waals surface area contributed by atoms with Gasteiger partial charge >= 0.3 is 0 Å². The van der Waals surface area contributed by atoms with E-state index in [0.29, 0.717) is 11.8 Å². The third kappa shape index (κ3) is 5.41. The van der Waals surface area contributed by atoms with Crippen molar-refractivity contribution in [3.63, 3.8) is 0 Å². The minimum Gasteiger partial charge on any atom is -0.347 e. The van der Waals surface area contributed by atoms with Gasteiger partial charge in [-0.05, 0) is 97.5 Å². The van der Waals surface area contributed by atoms with E-state index < -0.39 is 0 Å². The molecular formula is C43H52ClN2+. The van der Waals surface area contributed by atoms with E-state index >= 15 is 0 Å². The van der Waals surface area contributed by atoms with E-state index in [-0.39, 0.29) is 16.2 Å². The average molecular weight is 632 g/mol. The van der Waals surface area contributed by atoms with Gasteiger partial charge in [-0.25, -0.2) is 4.58 Å². The van der Waals surface area contributed by atoms with Crippen LogP contribution in [-0.2, 0) is 10.8 Å². The number of alkyl halides is 1. The molecule has 0 bridgehead atoms. The van der Waals surface area contributed by atoms with Crippen molar-refractivity contribution < 1.29 is 4.58 Å². The molecule has 4 aromatic carbocycles. The van der Waals surface area contributed by atoms with Crippen molar-refractivity contribution in [1.82, 2.24) is 0 Å². The summed E-state index contributed by atoms with van der Waals surface area (Å²) in [6.07, 6.45) is 11.4. The number of fused-ring (bicyclic) bond motifs is 6. The fourth-order valence-corrected chi connectivity index (χ4v) is 9.61. The monoisotopic (exact) mass is 631 g/mol. The zero-order chi connectivity index (χ0) is 32.8. The lowest BCUT2D eigenvalue weighted by Gasteiger charge is -2.35. The molecule has 0 spiro atoms. The third-order valence-corrected chi connectivity index (χ3v) is 12.0. The molecule has 3 atom stereocenters. The van der Waals surface area contributed by atoms with Crippen LogP contribution in [0.15, 0.2) is 97.2 Å². The summed E-state index contributed by atoms with van der Waals surface area (Å²) in [5.74, 6) is 1.09. The molecule has 1 saturated carbocycles. The van der Waals surface area contributed by atoms with Gasteiger partial charge in [0.15, 0.2) is 5.71 Å². The van der Waals surface area contributed by atoms with E-state index in [0.717, 1.165) is 12.8 Å². The molecule has 0 amide bonds. The van der Waals surface area contributed by atoms with Crippen LogP contribution in [0.25, 0.3) is 21.5 Å². The molecule has 7 rings (SSSR count). The van der Waals surface area contributed by atoms with Gasteiger partial charge < -0.3 is 4.90 Å². The quantitative estimate of drug-likeness (QED) is 0.121. The first-order valence-corrected chi connectivity index (χ1v) is 17.8. The molecule has 3 unspecified atom stereocenters. The number of likely N-dealkylation sites (N-methyl/N-ethyl adjacent to an activating group) is 1. The first-order valence-electron chi connectivity index (χ1n) is 17.3. The normalized spacial score (nSPS) is 23.8. The van der Waals surface area contributed by atoms with Crippen molar-refractivity contribution in [1.29, 1.82) is 0 Å². The second kappa shape index (κ2) is 12.7. The summed E-state index contributed by atoms with van der Waals surface area (Å²) in [4.78, 5) is 2.43. The zero-order valence-electron chi connectivity index (χ0n) is 29.0. The SMILES string of the molecule is C=CC.CN1/C(=C/CC2CCCC(CCC3=[N+](C)c4ccc5ccccc5c4C3(C)C)C2Cl)C(C)(C)c2c1ccc1ccccc21. The van der Waals surface area contributed by atoms with Gasteiger partial charge in [-0.3, -0.25) is 0 Å². The molecule has 0 aromatic heterocycles. The lowest BCUT2D eigenvalue weighted by atomic mass is 9.73. The molecule has 1 fully saturated rings. The van der Waals surface area contributed by atoms with E-state index in [1.807, 2.05) is 6.92 Å². The molecule has 2 nitrogen and oxygen atoms in total. The van der Waals surface area contributed by atoms with Crippen LogP contribution in [0.1, 0.15) is 84.3 Å². The van der Waals surface area contributed by atoms with Crippen LogP contribution in [0.4, 0.5) is 11.4 Å². The molecule has 2 aliphatic heterocycles. The standard InChI is InChI=1S/C40H46ClN2.C3H6/c1-39(2)34(42(5)32-22-18-26-12-7-9-16-30(26)36(32)39)24-20-28-14-11-15-29(38(28)41)21-25-35-40(3,4)37-31-17-10-8-13-27(31)19-23-33(37)43(35)6;1-3-2/h7-10,12-13,16-19,22-24,28-29,38H,11,14-15,20-21,25H2,1-6H3;3H,1H2,2H3/q+1;/b34-24+;.